The van der Waals surface area contributed by atoms with Gasteiger partial charge in [-0.05, 0) is 12.1 Å². The second-order valence-electron chi connectivity index (χ2n) is 2.73. The van der Waals surface area contributed by atoms with Gasteiger partial charge in [0, 0.05) is 17.8 Å². The second kappa shape index (κ2) is 6.02. The molecule has 3 heteroatoms. The minimum Gasteiger partial charge on any atom is -0.390 e. The highest BCUT2D eigenvalue weighted by Gasteiger charge is 2.03. The Bertz CT molecular complexity index is 226. The van der Waals surface area contributed by atoms with Gasteiger partial charge in [0.15, 0.2) is 0 Å². The van der Waals surface area contributed by atoms with E-state index in [0.29, 0.717) is 12.4 Å². The Labute approximate surface area is 82.9 Å². The fourth-order valence-electron chi connectivity index (χ4n) is 0.950. The molecule has 0 aliphatic carbocycles. The summed E-state index contributed by atoms with van der Waals surface area (Å²) in [6.45, 7) is 0.403. The lowest BCUT2D eigenvalue weighted by Crippen LogP contribution is -2.16. The molecule has 0 fully saturated rings. The highest BCUT2D eigenvalue weighted by atomic mass is 32.2. The minimum atomic E-state index is -0.379. The van der Waals surface area contributed by atoms with Crippen molar-refractivity contribution in [3.63, 3.8) is 0 Å². The fraction of sp³-hybridized carbons (Fsp3) is 0.400. The quantitative estimate of drug-likeness (QED) is 0.731. The molecule has 0 saturated carbocycles. The van der Waals surface area contributed by atoms with Gasteiger partial charge in [-0.25, -0.2) is 0 Å². The van der Waals surface area contributed by atoms with Gasteiger partial charge in [0.05, 0.1) is 12.7 Å². The van der Waals surface area contributed by atoms with Gasteiger partial charge in [0.2, 0.25) is 0 Å². The van der Waals surface area contributed by atoms with Crippen LogP contribution in [0.2, 0.25) is 0 Å². The molecular weight excluding hydrogens is 184 g/mol. The maximum atomic E-state index is 9.36. The van der Waals surface area contributed by atoms with E-state index < -0.39 is 0 Å². The number of benzene rings is 1. The molecule has 0 aromatic heterocycles. The van der Waals surface area contributed by atoms with E-state index >= 15 is 0 Å². The van der Waals surface area contributed by atoms with Gasteiger partial charge < -0.3 is 9.84 Å². The zero-order valence-corrected chi connectivity index (χ0v) is 8.46. The molecule has 0 unspecified atom stereocenters. The lowest BCUT2D eigenvalue weighted by atomic mass is 10.4. The number of aliphatic hydroxyl groups excluding tert-OH is 1. The van der Waals surface area contributed by atoms with Crippen LogP contribution >= 0.6 is 11.8 Å². The number of hydrogen-bond acceptors (Lipinski definition) is 3. The van der Waals surface area contributed by atoms with Gasteiger partial charge in [-0.15, -0.1) is 11.8 Å². The summed E-state index contributed by atoms with van der Waals surface area (Å²) in [6, 6.07) is 10.0. The number of thioether (sulfide) groups is 1. The maximum Gasteiger partial charge on any atom is 0.0867 e. The molecular formula is C10H14O2S. The van der Waals surface area contributed by atoms with Gasteiger partial charge in [0.25, 0.3) is 0 Å². The number of methoxy groups -OCH3 is 1. The maximum absolute atomic E-state index is 9.36. The largest absolute Gasteiger partial charge is 0.390 e. The zero-order chi connectivity index (χ0) is 9.52. The summed E-state index contributed by atoms with van der Waals surface area (Å²) in [6.07, 6.45) is -0.379. The van der Waals surface area contributed by atoms with Crippen molar-refractivity contribution in [2.75, 3.05) is 19.5 Å². The summed E-state index contributed by atoms with van der Waals surface area (Å²) < 4.78 is 4.83. The van der Waals surface area contributed by atoms with Gasteiger partial charge in [-0.3, -0.25) is 0 Å². The monoisotopic (exact) mass is 198 g/mol. The molecule has 1 atom stereocenters. The van der Waals surface area contributed by atoms with Crippen molar-refractivity contribution in [3.8, 4) is 0 Å². The van der Waals surface area contributed by atoms with Crippen molar-refractivity contribution in [1.82, 2.24) is 0 Å². The second-order valence-corrected chi connectivity index (χ2v) is 3.83. The van der Waals surface area contributed by atoms with Gasteiger partial charge in [0.1, 0.15) is 0 Å². The summed E-state index contributed by atoms with van der Waals surface area (Å²) in [5.74, 6) is 0.678. The Kier molecular flexibility index (Phi) is 4.90. The van der Waals surface area contributed by atoms with Crippen LogP contribution in [-0.4, -0.2) is 30.7 Å². The van der Waals surface area contributed by atoms with Crippen LogP contribution in [-0.2, 0) is 4.74 Å². The van der Waals surface area contributed by atoms with Crippen molar-refractivity contribution in [2.45, 2.75) is 11.0 Å². The molecule has 0 amide bonds. The van der Waals surface area contributed by atoms with Crippen molar-refractivity contribution in [1.29, 1.82) is 0 Å². The molecule has 2 nitrogen and oxygen atoms in total. The Morgan fingerprint density at radius 3 is 2.69 bits per heavy atom. The normalized spacial score (nSPS) is 12.8. The number of ether oxygens (including phenoxy) is 1. The SMILES string of the molecule is COC[C@H](O)CSc1ccccc1. The van der Waals surface area contributed by atoms with Crippen LogP contribution < -0.4 is 0 Å². The smallest absolute Gasteiger partial charge is 0.0867 e. The lowest BCUT2D eigenvalue weighted by Gasteiger charge is -2.08. The fourth-order valence-corrected chi connectivity index (χ4v) is 1.78. The van der Waals surface area contributed by atoms with E-state index in [-0.39, 0.29) is 6.10 Å². The third-order valence-electron chi connectivity index (χ3n) is 1.54. The van der Waals surface area contributed by atoms with Crippen LogP contribution in [0.15, 0.2) is 35.2 Å². The summed E-state index contributed by atoms with van der Waals surface area (Å²) in [4.78, 5) is 1.18. The van der Waals surface area contributed by atoms with Gasteiger partial charge in [-0.1, -0.05) is 18.2 Å². The molecule has 0 aliphatic rings. The molecule has 0 saturated heterocycles. The Morgan fingerprint density at radius 1 is 1.38 bits per heavy atom. The molecule has 0 spiro atoms. The van der Waals surface area contributed by atoms with Crippen LogP contribution in [0.3, 0.4) is 0 Å². The first-order valence-electron chi connectivity index (χ1n) is 4.18. The third-order valence-corrected chi connectivity index (χ3v) is 2.70. The van der Waals surface area contributed by atoms with Gasteiger partial charge in [-0.2, -0.15) is 0 Å². The highest BCUT2D eigenvalue weighted by molar-refractivity contribution is 7.99. The van der Waals surface area contributed by atoms with E-state index in [1.165, 1.54) is 4.90 Å². The molecule has 0 bridgehead atoms. The number of hydrogen-bond donors (Lipinski definition) is 1. The van der Waals surface area contributed by atoms with Gasteiger partial charge >= 0.3 is 0 Å². The molecule has 1 rings (SSSR count). The van der Waals surface area contributed by atoms with Crippen LogP contribution in [0.1, 0.15) is 0 Å². The van der Waals surface area contributed by atoms with E-state index in [4.69, 9.17) is 4.74 Å². The first-order chi connectivity index (χ1) is 6.33. The molecule has 0 radical (unpaired) electrons. The van der Waals surface area contributed by atoms with E-state index in [0.717, 1.165) is 0 Å². The summed E-state index contributed by atoms with van der Waals surface area (Å²) in [5.41, 5.74) is 0. The number of aliphatic hydroxyl groups is 1. The number of rotatable bonds is 5. The van der Waals surface area contributed by atoms with Crippen LogP contribution in [0.25, 0.3) is 0 Å². The molecule has 1 aromatic carbocycles. The molecule has 72 valence electrons. The molecule has 0 aliphatic heterocycles. The first-order valence-corrected chi connectivity index (χ1v) is 5.16. The minimum absolute atomic E-state index is 0.379. The van der Waals surface area contributed by atoms with Crippen molar-refractivity contribution in [2.24, 2.45) is 0 Å². The average molecular weight is 198 g/mol. The Morgan fingerprint density at radius 2 is 2.08 bits per heavy atom. The zero-order valence-electron chi connectivity index (χ0n) is 7.64. The summed E-state index contributed by atoms with van der Waals surface area (Å²) >= 11 is 1.64. The van der Waals surface area contributed by atoms with E-state index in [2.05, 4.69) is 0 Å². The van der Waals surface area contributed by atoms with Crippen molar-refractivity contribution < 1.29 is 9.84 Å². The first kappa shape index (κ1) is 10.6. The van der Waals surface area contributed by atoms with E-state index in [1.807, 2.05) is 30.3 Å². The van der Waals surface area contributed by atoms with Crippen molar-refractivity contribution in [3.05, 3.63) is 30.3 Å². The van der Waals surface area contributed by atoms with Crippen molar-refractivity contribution >= 4 is 11.8 Å². The topological polar surface area (TPSA) is 29.5 Å². The molecule has 1 aromatic rings. The Hall–Kier alpha value is -0.510. The van der Waals surface area contributed by atoms with Crippen LogP contribution in [0.4, 0.5) is 0 Å². The van der Waals surface area contributed by atoms with Crippen LogP contribution in [0.5, 0.6) is 0 Å². The highest BCUT2D eigenvalue weighted by Crippen LogP contribution is 2.17. The molecule has 0 heterocycles. The molecule has 13 heavy (non-hydrogen) atoms. The average Bonchev–Trinajstić information content (AvgIpc) is 2.17. The lowest BCUT2D eigenvalue weighted by molar-refractivity contribution is 0.0794. The van der Waals surface area contributed by atoms with E-state index in [1.54, 1.807) is 18.9 Å². The molecule has 1 N–H and O–H groups in total. The Balaban J connectivity index is 2.27. The predicted octanol–water partition coefficient (Wildman–Crippen LogP) is 1.79. The van der Waals surface area contributed by atoms with Crippen LogP contribution in [0, 0.1) is 0 Å². The standard InChI is InChI=1S/C10H14O2S/c1-12-7-9(11)8-13-10-5-3-2-4-6-10/h2-6,9,11H,7-8H2,1H3/t9-/m0/s1. The summed E-state index contributed by atoms with van der Waals surface area (Å²) in [7, 11) is 1.59. The van der Waals surface area contributed by atoms with E-state index in [9.17, 15) is 5.11 Å². The third kappa shape index (κ3) is 4.31. The predicted molar refractivity (Wildman–Crippen MR) is 55.0 cm³/mol. The summed E-state index contributed by atoms with van der Waals surface area (Å²) in [5, 5.41) is 9.36.